The second kappa shape index (κ2) is 11.6. The first-order valence-corrected chi connectivity index (χ1v) is 13.0. The number of carbonyl (C=O) groups is 3. The lowest BCUT2D eigenvalue weighted by molar-refractivity contribution is -0.132. The molecule has 0 aromatic heterocycles. The maximum atomic E-state index is 13.2. The van der Waals surface area contributed by atoms with Crippen molar-refractivity contribution in [3.63, 3.8) is 0 Å². The Morgan fingerprint density at radius 2 is 1.89 bits per heavy atom. The van der Waals surface area contributed by atoms with E-state index in [9.17, 15) is 19.6 Å². The van der Waals surface area contributed by atoms with Gasteiger partial charge in [0.1, 0.15) is 12.2 Å². The number of hydrogen-bond acceptors (Lipinski definition) is 6. The highest BCUT2D eigenvalue weighted by molar-refractivity contribution is 14.1. The van der Waals surface area contributed by atoms with Crippen LogP contribution in [-0.4, -0.2) is 35.4 Å². The van der Waals surface area contributed by atoms with Gasteiger partial charge in [0.05, 0.1) is 21.8 Å². The van der Waals surface area contributed by atoms with Crippen molar-refractivity contribution in [1.29, 1.82) is 5.26 Å². The van der Waals surface area contributed by atoms with Crippen molar-refractivity contribution >= 4 is 46.5 Å². The van der Waals surface area contributed by atoms with Crippen LogP contribution in [0.25, 0.3) is 6.08 Å². The molecule has 4 rings (SSSR count). The Labute approximate surface area is 223 Å². The summed E-state index contributed by atoms with van der Waals surface area (Å²) in [5, 5.41) is 11.7. The Morgan fingerprint density at radius 1 is 1.14 bits per heavy atom. The summed E-state index contributed by atoms with van der Waals surface area (Å²) >= 11 is 2.11. The van der Waals surface area contributed by atoms with Gasteiger partial charge in [0.2, 0.25) is 0 Å². The molecule has 2 fully saturated rings. The average Bonchev–Trinajstić information content (AvgIpc) is 2.87. The number of barbiturate groups is 1. The standard InChI is InChI=1S/C27H26IN3O5/c1-2-35-23-14-17(13-22(28)24(23)36-16-19-9-7-6-8-18(19)15-29)12-21-25(32)30-27(34)31(26(21)33)20-10-4-3-5-11-20/h6-9,12-14,20H,2-5,10-11,16H2,1H3,(H,30,32,34). The Kier molecular flexibility index (Phi) is 8.25. The predicted molar refractivity (Wildman–Crippen MR) is 141 cm³/mol. The van der Waals surface area contributed by atoms with Crippen LogP contribution in [0.4, 0.5) is 4.79 Å². The zero-order valence-corrected chi connectivity index (χ0v) is 22.0. The van der Waals surface area contributed by atoms with Crippen LogP contribution in [0.15, 0.2) is 42.0 Å². The van der Waals surface area contributed by atoms with E-state index in [0.717, 1.165) is 37.7 Å². The van der Waals surface area contributed by atoms with Crippen molar-refractivity contribution in [3.8, 4) is 17.6 Å². The number of imide groups is 2. The molecule has 2 aromatic rings. The highest BCUT2D eigenvalue weighted by Gasteiger charge is 2.40. The number of nitrogens with one attached hydrogen (secondary N) is 1. The SMILES string of the molecule is CCOc1cc(C=C2C(=O)NC(=O)N(C3CCCCC3)C2=O)cc(I)c1OCc1ccccc1C#N. The van der Waals surface area contributed by atoms with Crippen LogP contribution < -0.4 is 14.8 Å². The summed E-state index contributed by atoms with van der Waals surface area (Å²) in [7, 11) is 0. The van der Waals surface area contributed by atoms with Crippen molar-refractivity contribution in [2.45, 2.75) is 51.7 Å². The molecule has 1 aliphatic heterocycles. The topological polar surface area (TPSA) is 109 Å². The molecule has 0 atom stereocenters. The van der Waals surface area contributed by atoms with E-state index in [1.54, 1.807) is 24.3 Å². The van der Waals surface area contributed by atoms with E-state index in [0.29, 0.717) is 32.8 Å². The Balaban J connectivity index is 1.63. The van der Waals surface area contributed by atoms with Crippen LogP contribution in [0, 0.1) is 14.9 Å². The molecule has 1 N–H and O–H groups in total. The smallest absolute Gasteiger partial charge is 0.331 e. The lowest BCUT2D eigenvalue weighted by Gasteiger charge is -2.35. The molecule has 2 aliphatic rings. The maximum absolute atomic E-state index is 13.2. The number of urea groups is 1. The molecule has 0 bridgehead atoms. The van der Waals surface area contributed by atoms with Crippen LogP contribution in [0.1, 0.15) is 55.7 Å². The summed E-state index contributed by atoms with van der Waals surface area (Å²) in [6.45, 7) is 2.41. The number of carbonyl (C=O) groups excluding carboxylic acids is 3. The second-order valence-corrected chi connectivity index (χ2v) is 9.77. The van der Waals surface area contributed by atoms with Crippen LogP contribution in [0.5, 0.6) is 11.5 Å². The van der Waals surface area contributed by atoms with Crippen molar-refractivity contribution < 1.29 is 23.9 Å². The third kappa shape index (κ3) is 5.54. The van der Waals surface area contributed by atoms with Crippen LogP contribution in [0.3, 0.4) is 0 Å². The predicted octanol–water partition coefficient (Wildman–Crippen LogP) is 4.94. The molecule has 0 radical (unpaired) electrons. The fourth-order valence-corrected chi connectivity index (χ4v) is 5.27. The summed E-state index contributed by atoms with van der Waals surface area (Å²) in [4.78, 5) is 39.5. The molecule has 186 valence electrons. The minimum Gasteiger partial charge on any atom is -0.490 e. The summed E-state index contributed by atoms with van der Waals surface area (Å²) in [5.41, 5.74) is 1.77. The van der Waals surface area contributed by atoms with Gasteiger partial charge < -0.3 is 9.47 Å². The summed E-state index contributed by atoms with van der Waals surface area (Å²) < 4.78 is 12.6. The van der Waals surface area contributed by atoms with E-state index < -0.39 is 17.8 Å². The molecular weight excluding hydrogens is 573 g/mol. The van der Waals surface area contributed by atoms with Gasteiger partial charge >= 0.3 is 6.03 Å². The van der Waals surface area contributed by atoms with E-state index in [4.69, 9.17) is 9.47 Å². The van der Waals surface area contributed by atoms with E-state index in [2.05, 4.69) is 34.0 Å². The molecule has 0 spiro atoms. The molecule has 2 aromatic carbocycles. The normalized spacial score (nSPS) is 17.6. The lowest BCUT2D eigenvalue weighted by Crippen LogP contribution is -2.58. The summed E-state index contributed by atoms with van der Waals surface area (Å²) in [6, 6.07) is 12.0. The highest BCUT2D eigenvalue weighted by Crippen LogP contribution is 2.36. The van der Waals surface area contributed by atoms with Gasteiger partial charge in [-0.2, -0.15) is 5.26 Å². The summed E-state index contributed by atoms with van der Waals surface area (Å²) in [6.07, 6.45) is 5.95. The zero-order valence-electron chi connectivity index (χ0n) is 19.9. The van der Waals surface area contributed by atoms with Gasteiger partial charge in [-0.1, -0.05) is 37.5 Å². The Hall–Kier alpha value is -3.39. The second-order valence-electron chi connectivity index (χ2n) is 8.60. The van der Waals surface area contributed by atoms with E-state index in [-0.39, 0.29) is 18.2 Å². The summed E-state index contributed by atoms with van der Waals surface area (Å²) in [5.74, 6) is -0.323. The van der Waals surface area contributed by atoms with Gasteiger partial charge in [0, 0.05) is 11.6 Å². The molecular formula is C27H26IN3O5. The number of benzene rings is 2. The van der Waals surface area contributed by atoms with Crippen molar-refractivity contribution in [2.24, 2.45) is 0 Å². The molecule has 9 heteroatoms. The molecule has 8 nitrogen and oxygen atoms in total. The number of nitrogens with zero attached hydrogens (tertiary/aromatic N) is 2. The molecule has 1 heterocycles. The molecule has 1 saturated heterocycles. The van der Waals surface area contributed by atoms with E-state index in [1.165, 1.54) is 11.0 Å². The molecule has 1 aliphatic carbocycles. The van der Waals surface area contributed by atoms with Crippen molar-refractivity contribution in [2.75, 3.05) is 6.61 Å². The number of halogens is 1. The molecule has 0 unspecified atom stereocenters. The first kappa shape index (κ1) is 25.7. The number of ether oxygens (including phenoxy) is 2. The fraction of sp³-hybridized carbons (Fsp3) is 0.333. The number of amides is 4. The van der Waals surface area contributed by atoms with Gasteiger partial charge in [0.15, 0.2) is 11.5 Å². The quantitative estimate of drug-likeness (QED) is 0.275. The van der Waals surface area contributed by atoms with Gasteiger partial charge in [-0.05, 0) is 72.2 Å². The molecule has 4 amide bonds. The highest BCUT2D eigenvalue weighted by atomic mass is 127. The Bertz CT molecular complexity index is 1260. The van der Waals surface area contributed by atoms with Crippen LogP contribution in [0.2, 0.25) is 0 Å². The van der Waals surface area contributed by atoms with Gasteiger partial charge in [-0.15, -0.1) is 0 Å². The van der Waals surface area contributed by atoms with E-state index >= 15 is 0 Å². The minimum absolute atomic E-state index is 0.0879. The van der Waals surface area contributed by atoms with Crippen LogP contribution in [-0.2, 0) is 16.2 Å². The Morgan fingerprint density at radius 3 is 2.61 bits per heavy atom. The first-order valence-electron chi connectivity index (χ1n) is 11.9. The zero-order chi connectivity index (χ0) is 25.7. The number of nitriles is 1. The monoisotopic (exact) mass is 599 g/mol. The average molecular weight is 599 g/mol. The van der Waals surface area contributed by atoms with Gasteiger partial charge in [-0.3, -0.25) is 19.8 Å². The van der Waals surface area contributed by atoms with Crippen molar-refractivity contribution in [3.05, 3.63) is 62.2 Å². The van der Waals surface area contributed by atoms with Crippen molar-refractivity contribution in [1.82, 2.24) is 10.2 Å². The molecule has 36 heavy (non-hydrogen) atoms. The third-order valence-corrected chi connectivity index (χ3v) is 7.03. The number of rotatable bonds is 7. The van der Waals surface area contributed by atoms with E-state index in [1.807, 2.05) is 19.1 Å². The lowest BCUT2D eigenvalue weighted by atomic mass is 9.93. The van der Waals surface area contributed by atoms with Gasteiger partial charge in [0.25, 0.3) is 11.8 Å². The number of hydrogen-bond donors (Lipinski definition) is 1. The molecule has 1 saturated carbocycles. The largest absolute Gasteiger partial charge is 0.490 e. The first-order chi connectivity index (χ1) is 17.4. The van der Waals surface area contributed by atoms with Gasteiger partial charge in [-0.25, -0.2) is 4.79 Å². The maximum Gasteiger partial charge on any atom is 0.331 e. The van der Waals surface area contributed by atoms with Crippen LogP contribution >= 0.6 is 22.6 Å². The minimum atomic E-state index is -0.710. The third-order valence-electron chi connectivity index (χ3n) is 6.23. The fourth-order valence-electron chi connectivity index (χ4n) is 4.49.